The molecule has 1 atom stereocenters. The lowest BCUT2D eigenvalue weighted by molar-refractivity contribution is -0.385. The number of nitrogens with one attached hydrogen (secondary N) is 2. The largest absolute Gasteiger partial charge is 0.364 e. The van der Waals surface area contributed by atoms with Crippen molar-refractivity contribution in [2.45, 2.75) is 12.0 Å². The number of methoxy groups -OCH3 is 1. The van der Waals surface area contributed by atoms with Gasteiger partial charge in [-0.1, -0.05) is 29.5 Å². The summed E-state index contributed by atoms with van der Waals surface area (Å²) < 4.78 is 19.8. The van der Waals surface area contributed by atoms with E-state index in [1.54, 1.807) is 13.2 Å². The van der Waals surface area contributed by atoms with Gasteiger partial charge in [-0.2, -0.15) is 0 Å². The van der Waals surface area contributed by atoms with Crippen LogP contribution in [0.25, 0.3) is 10.9 Å². The fraction of sp³-hybridized carbons (Fsp3) is 0.238. The molecule has 1 aliphatic heterocycles. The Morgan fingerprint density at radius 1 is 1.39 bits per heavy atom. The molecule has 4 rings (SSSR count). The van der Waals surface area contributed by atoms with E-state index in [1.165, 1.54) is 30.6 Å². The van der Waals surface area contributed by atoms with Crippen LogP contribution < -0.4 is 10.6 Å². The van der Waals surface area contributed by atoms with E-state index in [2.05, 4.69) is 32.4 Å². The Bertz CT molecular complexity index is 1230. The van der Waals surface area contributed by atoms with Gasteiger partial charge in [0.15, 0.2) is 5.82 Å². The minimum Gasteiger partial charge on any atom is -0.364 e. The van der Waals surface area contributed by atoms with Crippen LogP contribution in [0.15, 0.2) is 36.7 Å². The van der Waals surface area contributed by atoms with Crippen molar-refractivity contribution in [2.75, 3.05) is 25.5 Å². The lowest BCUT2D eigenvalue weighted by Gasteiger charge is -2.19. The lowest BCUT2D eigenvalue weighted by Crippen LogP contribution is -2.32. The van der Waals surface area contributed by atoms with Gasteiger partial charge in [0.2, 0.25) is 0 Å². The molecule has 2 N–H and O–H groups in total. The van der Waals surface area contributed by atoms with Crippen LogP contribution in [0, 0.1) is 27.8 Å². The van der Waals surface area contributed by atoms with Gasteiger partial charge in [0.1, 0.15) is 23.3 Å². The molecular weight excluding hydrogens is 425 g/mol. The van der Waals surface area contributed by atoms with Gasteiger partial charge < -0.3 is 15.4 Å². The molecule has 1 fully saturated rings. The molecular formula is C21H17ClFN5O3. The topological polar surface area (TPSA) is 102 Å². The first-order valence-electron chi connectivity index (χ1n) is 9.36. The van der Waals surface area contributed by atoms with Crippen LogP contribution in [0.2, 0.25) is 5.02 Å². The Kier molecular flexibility index (Phi) is 5.69. The van der Waals surface area contributed by atoms with Gasteiger partial charge in [-0.05, 0) is 24.7 Å². The van der Waals surface area contributed by atoms with Gasteiger partial charge in [-0.25, -0.2) is 14.4 Å². The van der Waals surface area contributed by atoms with E-state index in [0.29, 0.717) is 23.9 Å². The normalized spacial score (nSPS) is 17.9. The number of rotatable bonds is 4. The van der Waals surface area contributed by atoms with Crippen molar-refractivity contribution in [3.8, 4) is 11.8 Å². The van der Waals surface area contributed by atoms with E-state index in [0.717, 1.165) is 6.54 Å². The monoisotopic (exact) mass is 441 g/mol. The maximum absolute atomic E-state index is 14.3. The second-order valence-electron chi connectivity index (χ2n) is 6.97. The summed E-state index contributed by atoms with van der Waals surface area (Å²) >= 11 is 5.83. The summed E-state index contributed by atoms with van der Waals surface area (Å²) in [5.41, 5.74) is -0.174. The maximum Gasteiger partial charge on any atom is 0.285 e. The number of halogens is 2. The van der Waals surface area contributed by atoms with Gasteiger partial charge in [0.05, 0.1) is 21.2 Å². The molecule has 10 heteroatoms. The molecule has 2 aromatic carbocycles. The van der Waals surface area contributed by atoms with E-state index < -0.39 is 16.3 Å². The molecule has 1 aromatic heterocycles. The summed E-state index contributed by atoms with van der Waals surface area (Å²) in [5.74, 6) is 5.48. The fourth-order valence-electron chi connectivity index (χ4n) is 3.35. The van der Waals surface area contributed by atoms with E-state index >= 15 is 0 Å². The van der Waals surface area contributed by atoms with E-state index in [-0.39, 0.29) is 27.8 Å². The number of nitro benzene ring substituents is 1. The standard InChI is InChI=1S/C21H17ClFN5O3/c1-31-21(7-8-24-11-21)6-5-13-9-17-14(10-18(13)28(29)30)20(26-12-25-17)27-16-4-2-3-15(22)19(16)23/h2-4,9-10,12,24H,7-8,11H2,1H3,(H,25,26,27)/t21-/m1/s1. The third-order valence-electron chi connectivity index (χ3n) is 5.09. The summed E-state index contributed by atoms with van der Waals surface area (Å²) in [6.07, 6.45) is 1.97. The minimum absolute atomic E-state index is 0.0552. The van der Waals surface area contributed by atoms with Gasteiger partial charge >= 0.3 is 0 Å². The predicted molar refractivity (Wildman–Crippen MR) is 115 cm³/mol. The van der Waals surface area contributed by atoms with Crippen LogP contribution in [0.4, 0.5) is 21.6 Å². The number of aromatic nitrogens is 2. The van der Waals surface area contributed by atoms with Crippen LogP contribution in [-0.2, 0) is 4.74 Å². The number of ether oxygens (including phenoxy) is 1. The average molecular weight is 442 g/mol. The second kappa shape index (κ2) is 8.43. The zero-order valence-electron chi connectivity index (χ0n) is 16.4. The molecule has 1 aliphatic rings. The van der Waals surface area contributed by atoms with E-state index in [9.17, 15) is 14.5 Å². The molecule has 0 saturated carbocycles. The summed E-state index contributed by atoms with van der Waals surface area (Å²) in [4.78, 5) is 19.5. The summed E-state index contributed by atoms with van der Waals surface area (Å²) in [6.45, 7) is 1.30. The van der Waals surface area contributed by atoms with E-state index in [4.69, 9.17) is 16.3 Å². The highest BCUT2D eigenvalue weighted by Gasteiger charge is 2.31. The molecule has 1 saturated heterocycles. The molecule has 2 heterocycles. The average Bonchev–Trinajstić information content (AvgIpc) is 3.24. The fourth-order valence-corrected chi connectivity index (χ4v) is 3.53. The number of nitro groups is 1. The van der Waals surface area contributed by atoms with Crippen molar-refractivity contribution < 1.29 is 14.1 Å². The Morgan fingerprint density at radius 2 is 2.23 bits per heavy atom. The van der Waals surface area contributed by atoms with Crippen LogP contribution >= 0.6 is 11.6 Å². The third-order valence-corrected chi connectivity index (χ3v) is 5.38. The predicted octanol–water partition coefficient (Wildman–Crippen LogP) is 3.80. The number of fused-ring (bicyclic) bond motifs is 1. The first kappa shape index (κ1) is 20.9. The second-order valence-corrected chi connectivity index (χ2v) is 7.37. The maximum atomic E-state index is 14.3. The molecule has 0 amide bonds. The molecule has 0 radical (unpaired) electrons. The molecule has 3 aromatic rings. The molecule has 0 spiro atoms. The molecule has 0 unspecified atom stereocenters. The SMILES string of the molecule is CO[C@]1(C#Cc2cc3ncnc(Nc4cccc(Cl)c4F)c3cc2[N+](=O)[O-])CCNC1. The number of benzene rings is 2. The molecule has 158 valence electrons. The molecule has 31 heavy (non-hydrogen) atoms. The quantitative estimate of drug-likeness (QED) is 0.360. The molecule has 0 bridgehead atoms. The van der Waals surface area contributed by atoms with Crippen LogP contribution in [0.3, 0.4) is 0 Å². The van der Waals surface area contributed by atoms with E-state index in [1.807, 2.05) is 0 Å². The van der Waals surface area contributed by atoms with Crippen LogP contribution in [-0.4, -0.2) is 40.7 Å². The summed E-state index contributed by atoms with van der Waals surface area (Å²) in [5, 5.41) is 18.0. The number of anilines is 2. The third kappa shape index (κ3) is 4.14. The smallest absolute Gasteiger partial charge is 0.285 e. The Balaban J connectivity index is 1.80. The Morgan fingerprint density at radius 3 is 2.94 bits per heavy atom. The Hall–Kier alpha value is -3.32. The first-order chi connectivity index (χ1) is 14.9. The molecule has 0 aliphatic carbocycles. The van der Waals surface area contributed by atoms with Crippen molar-refractivity contribution in [3.05, 3.63) is 63.2 Å². The number of nitrogens with zero attached hydrogens (tertiary/aromatic N) is 3. The summed E-state index contributed by atoms with van der Waals surface area (Å²) in [6, 6.07) is 7.34. The molecule has 8 nitrogen and oxygen atoms in total. The van der Waals surface area contributed by atoms with Crippen LogP contribution in [0.5, 0.6) is 0 Å². The van der Waals surface area contributed by atoms with Gasteiger partial charge in [-0.15, -0.1) is 0 Å². The Labute approximate surface area is 181 Å². The summed E-state index contributed by atoms with van der Waals surface area (Å²) in [7, 11) is 1.57. The number of hydrogen-bond acceptors (Lipinski definition) is 7. The number of hydrogen-bond donors (Lipinski definition) is 2. The minimum atomic E-state index is -0.689. The van der Waals surface area contributed by atoms with Crippen molar-refractivity contribution >= 4 is 39.7 Å². The highest BCUT2D eigenvalue weighted by molar-refractivity contribution is 6.31. The zero-order chi connectivity index (χ0) is 22.0. The van der Waals surface area contributed by atoms with Crippen LogP contribution in [0.1, 0.15) is 12.0 Å². The zero-order valence-corrected chi connectivity index (χ0v) is 17.2. The first-order valence-corrected chi connectivity index (χ1v) is 9.73. The van der Waals surface area contributed by atoms with Gasteiger partial charge in [-0.3, -0.25) is 10.1 Å². The lowest BCUT2D eigenvalue weighted by atomic mass is 10.0. The highest BCUT2D eigenvalue weighted by Crippen LogP contribution is 2.31. The van der Waals surface area contributed by atoms with Gasteiger partial charge in [0, 0.05) is 31.5 Å². The van der Waals surface area contributed by atoms with Crippen molar-refractivity contribution in [1.82, 2.24) is 15.3 Å². The van der Waals surface area contributed by atoms with Gasteiger partial charge in [0.25, 0.3) is 5.69 Å². The van der Waals surface area contributed by atoms with Crippen molar-refractivity contribution in [3.63, 3.8) is 0 Å². The van der Waals surface area contributed by atoms with Crippen molar-refractivity contribution in [1.29, 1.82) is 0 Å². The highest BCUT2D eigenvalue weighted by atomic mass is 35.5. The van der Waals surface area contributed by atoms with Crippen molar-refractivity contribution in [2.24, 2.45) is 0 Å².